The highest BCUT2D eigenvalue weighted by molar-refractivity contribution is 5.98. The van der Waals surface area contributed by atoms with Crippen molar-refractivity contribution in [1.29, 1.82) is 0 Å². The molecule has 0 saturated heterocycles. The Morgan fingerprint density at radius 1 is 1.38 bits per heavy atom. The lowest BCUT2D eigenvalue weighted by atomic mass is 9.95. The molecule has 0 amide bonds. The molecule has 0 aromatic carbocycles. The fraction of sp³-hybridized carbons (Fsp3) is 0.545. The SMILES string of the molecule is C=C(C)/C(CC(C)C(=C)C)=N/OC. The normalized spacial score (nSPS) is 13.7. The van der Waals surface area contributed by atoms with Crippen molar-refractivity contribution in [2.75, 3.05) is 7.11 Å². The summed E-state index contributed by atoms with van der Waals surface area (Å²) >= 11 is 0. The van der Waals surface area contributed by atoms with E-state index in [-0.39, 0.29) is 0 Å². The molecule has 0 aromatic heterocycles. The van der Waals surface area contributed by atoms with E-state index in [9.17, 15) is 0 Å². The maximum Gasteiger partial charge on any atom is 0.106 e. The Balaban J connectivity index is 4.36. The van der Waals surface area contributed by atoms with Gasteiger partial charge in [0.25, 0.3) is 0 Å². The maximum atomic E-state index is 4.74. The molecule has 0 N–H and O–H groups in total. The number of hydrogen-bond acceptors (Lipinski definition) is 2. The quantitative estimate of drug-likeness (QED) is 0.362. The van der Waals surface area contributed by atoms with Gasteiger partial charge in [0, 0.05) is 0 Å². The molecule has 0 aliphatic rings. The lowest BCUT2D eigenvalue weighted by Gasteiger charge is -2.12. The van der Waals surface area contributed by atoms with Crippen molar-refractivity contribution in [2.24, 2.45) is 11.1 Å². The van der Waals surface area contributed by atoms with E-state index in [1.807, 2.05) is 13.8 Å². The van der Waals surface area contributed by atoms with Gasteiger partial charge < -0.3 is 4.84 Å². The van der Waals surface area contributed by atoms with E-state index in [0.29, 0.717) is 5.92 Å². The molecule has 1 unspecified atom stereocenters. The summed E-state index contributed by atoms with van der Waals surface area (Å²) in [5, 5.41) is 3.92. The Kier molecular flexibility index (Phi) is 5.12. The Hall–Kier alpha value is -1.05. The van der Waals surface area contributed by atoms with Gasteiger partial charge in [0.15, 0.2) is 0 Å². The first-order valence-electron chi connectivity index (χ1n) is 4.40. The van der Waals surface area contributed by atoms with Crippen LogP contribution in [-0.4, -0.2) is 12.8 Å². The second kappa shape index (κ2) is 5.57. The molecule has 2 heteroatoms. The topological polar surface area (TPSA) is 21.6 Å². The van der Waals surface area contributed by atoms with Crippen molar-refractivity contribution in [3.8, 4) is 0 Å². The zero-order chi connectivity index (χ0) is 10.4. The summed E-state index contributed by atoms with van der Waals surface area (Å²) in [5.74, 6) is 0.422. The number of nitrogens with zero attached hydrogens (tertiary/aromatic N) is 1. The number of rotatable bonds is 5. The summed E-state index contributed by atoms with van der Waals surface area (Å²) in [7, 11) is 1.55. The number of hydrogen-bond donors (Lipinski definition) is 0. The van der Waals surface area contributed by atoms with Crippen LogP contribution in [0.25, 0.3) is 0 Å². The molecular weight excluding hydrogens is 162 g/mol. The standard InChI is InChI=1S/C11H19NO/c1-8(2)10(5)7-11(9(3)4)12-13-6/h10H,1,3,7H2,2,4-6H3/b12-11+. The molecule has 1 atom stereocenters. The Bertz CT molecular complexity index is 228. The Labute approximate surface area is 81.0 Å². The van der Waals surface area contributed by atoms with E-state index in [2.05, 4.69) is 25.2 Å². The van der Waals surface area contributed by atoms with Gasteiger partial charge in [0.05, 0.1) is 5.71 Å². The average molecular weight is 181 g/mol. The molecule has 0 bridgehead atoms. The minimum Gasteiger partial charge on any atom is -0.399 e. The van der Waals surface area contributed by atoms with E-state index in [4.69, 9.17) is 4.84 Å². The predicted molar refractivity (Wildman–Crippen MR) is 57.9 cm³/mol. The van der Waals surface area contributed by atoms with Crippen LogP contribution in [0.5, 0.6) is 0 Å². The van der Waals surface area contributed by atoms with Crippen molar-refractivity contribution < 1.29 is 4.84 Å². The van der Waals surface area contributed by atoms with Crippen LogP contribution in [0.15, 0.2) is 29.5 Å². The van der Waals surface area contributed by atoms with E-state index in [0.717, 1.165) is 23.3 Å². The van der Waals surface area contributed by atoms with Crippen molar-refractivity contribution in [3.05, 3.63) is 24.3 Å². The van der Waals surface area contributed by atoms with Gasteiger partial charge >= 0.3 is 0 Å². The van der Waals surface area contributed by atoms with Crippen LogP contribution in [0.3, 0.4) is 0 Å². The van der Waals surface area contributed by atoms with Crippen LogP contribution in [0.2, 0.25) is 0 Å². The van der Waals surface area contributed by atoms with Crippen LogP contribution in [0.1, 0.15) is 27.2 Å². The van der Waals surface area contributed by atoms with Gasteiger partial charge in [-0.1, -0.05) is 30.8 Å². The lowest BCUT2D eigenvalue weighted by molar-refractivity contribution is 0.212. The average Bonchev–Trinajstić information content (AvgIpc) is 2.03. The van der Waals surface area contributed by atoms with Crippen LogP contribution >= 0.6 is 0 Å². The summed E-state index contributed by atoms with van der Waals surface area (Å²) in [4.78, 5) is 4.74. The fourth-order valence-corrected chi connectivity index (χ4v) is 0.864. The maximum absolute atomic E-state index is 4.74. The molecule has 0 rings (SSSR count). The number of allylic oxidation sites excluding steroid dienone is 2. The largest absolute Gasteiger partial charge is 0.399 e. The lowest BCUT2D eigenvalue weighted by Crippen LogP contribution is -2.07. The molecule has 13 heavy (non-hydrogen) atoms. The van der Waals surface area contributed by atoms with E-state index in [1.165, 1.54) is 0 Å². The molecular formula is C11H19NO. The summed E-state index contributed by atoms with van der Waals surface area (Å²) in [6.07, 6.45) is 0.846. The highest BCUT2D eigenvalue weighted by Gasteiger charge is 2.08. The van der Waals surface area contributed by atoms with Crippen molar-refractivity contribution in [2.45, 2.75) is 27.2 Å². The summed E-state index contributed by atoms with van der Waals surface area (Å²) in [6.45, 7) is 13.8. The molecule has 74 valence electrons. The zero-order valence-corrected chi connectivity index (χ0v) is 9.05. The predicted octanol–water partition coefficient (Wildman–Crippen LogP) is 3.17. The van der Waals surface area contributed by atoms with Crippen LogP contribution < -0.4 is 0 Å². The van der Waals surface area contributed by atoms with Crippen molar-refractivity contribution in [1.82, 2.24) is 0 Å². The van der Waals surface area contributed by atoms with E-state index < -0.39 is 0 Å². The van der Waals surface area contributed by atoms with Gasteiger partial charge in [-0.3, -0.25) is 0 Å². The number of oxime groups is 1. The highest BCUT2D eigenvalue weighted by Crippen LogP contribution is 2.15. The monoisotopic (exact) mass is 181 g/mol. The van der Waals surface area contributed by atoms with Crippen LogP contribution in [0, 0.1) is 5.92 Å². The second-order valence-electron chi connectivity index (χ2n) is 3.45. The molecule has 0 aliphatic carbocycles. The first kappa shape index (κ1) is 11.9. The third-order valence-corrected chi connectivity index (χ3v) is 2.03. The first-order chi connectivity index (χ1) is 5.99. The minimum atomic E-state index is 0.422. The summed E-state index contributed by atoms with van der Waals surface area (Å²) in [5.41, 5.74) is 3.03. The van der Waals surface area contributed by atoms with Gasteiger partial charge in [0.2, 0.25) is 0 Å². The molecule has 0 spiro atoms. The van der Waals surface area contributed by atoms with Crippen molar-refractivity contribution in [3.63, 3.8) is 0 Å². The molecule has 0 aromatic rings. The van der Waals surface area contributed by atoms with E-state index >= 15 is 0 Å². The smallest absolute Gasteiger partial charge is 0.106 e. The van der Waals surface area contributed by atoms with Gasteiger partial charge in [-0.2, -0.15) is 0 Å². The third kappa shape index (κ3) is 4.51. The summed E-state index contributed by atoms with van der Waals surface area (Å²) in [6, 6.07) is 0. The second-order valence-corrected chi connectivity index (χ2v) is 3.45. The molecule has 2 nitrogen and oxygen atoms in total. The van der Waals surface area contributed by atoms with Gasteiger partial charge in [-0.15, -0.1) is 0 Å². The van der Waals surface area contributed by atoms with Gasteiger partial charge in [0.1, 0.15) is 7.11 Å². The fourth-order valence-electron chi connectivity index (χ4n) is 0.864. The van der Waals surface area contributed by atoms with Gasteiger partial charge in [-0.25, -0.2) is 0 Å². The molecule has 0 saturated carbocycles. The zero-order valence-electron chi connectivity index (χ0n) is 9.05. The Morgan fingerprint density at radius 3 is 2.23 bits per heavy atom. The van der Waals surface area contributed by atoms with Crippen LogP contribution in [0.4, 0.5) is 0 Å². The minimum absolute atomic E-state index is 0.422. The summed E-state index contributed by atoms with van der Waals surface area (Å²) < 4.78 is 0. The molecule has 0 radical (unpaired) electrons. The first-order valence-corrected chi connectivity index (χ1v) is 4.40. The Morgan fingerprint density at radius 2 is 1.92 bits per heavy atom. The molecule has 0 heterocycles. The van der Waals surface area contributed by atoms with Gasteiger partial charge in [-0.05, 0) is 31.8 Å². The van der Waals surface area contributed by atoms with E-state index in [1.54, 1.807) is 7.11 Å². The van der Waals surface area contributed by atoms with Crippen molar-refractivity contribution >= 4 is 5.71 Å². The third-order valence-electron chi connectivity index (χ3n) is 2.03. The highest BCUT2D eigenvalue weighted by atomic mass is 16.6. The molecule has 0 aliphatic heterocycles. The molecule has 0 fully saturated rings. The van der Waals surface area contributed by atoms with Crippen LogP contribution in [-0.2, 0) is 4.84 Å².